The summed E-state index contributed by atoms with van der Waals surface area (Å²) in [7, 11) is -3.94. The average Bonchev–Trinajstić information content (AvgIpc) is 2.65. The summed E-state index contributed by atoms with van der Waals surface area (Å²) < 4.78 is 33.4. The van der Waals surface area contributed by atoms with Gasteiger partial charge in [-0.1, -0.05) is 17.7 Å². The molecule has 1 aliphatic rings. The van der Waals surface area contributed by atoms with Gasteiger partial charge < -0.3 is 9.64 Å². The molecular formula is C19H21ClN2O4S. The van der Waals surface area contributed by atoms with Crippen molar-refractivity contribution in [1.82, 2.24) is 4.90 Å². The van der Waals surface area contributed by atoms with Gasteiger partial charge in [0.1, 0.15) is 4.90 Å². The summed E-state index contributed by atoms with van der Waals surface area (Å²) in [5.41, 5.74) is 2.76. The minimum absolute atomic E-state index is 0.0601. The van der Waals surface area contributed by atoms with Crippen LogP contribution in [0.5, 0.6) is 0 Å². The van der Waals surface area contributed by atoms with E-state index in [0.717, 1.165) is 11.1 Å². The summed E-state index contributed by atoms with van der Waals surface area (Å²) >= 11 is 6.13. The number of nitrogens with zero attached hydrogens (tertiary/aromatic N) is 1. The third-order valence-electron chi connectivity index (χ3n) is 4.53. The molecule has 0 aliphatic carbocycles. The molecule has 1 fully saturated rings. The number of anilines is 1. The lowest BCUT2D eigenvalue weighted by molar-refractivity contribution is 0.0302. The van der Waals surface area contributed by atoms with Crippen LogP contribution in [0.1, 0.15) is 21.5 Å². The number of rotatable bonds is 4. The molecule has 0 atom stereocenters. The van der Waals surface area contributed by atoms with Crippen LogP contribution in [0, 0.1) is 13.8 Å². The lowest BCUT2D eigenvalue weighted by Gasteiger charge is -2.27. The van der Waals surface area contributed by atoms with Crippen molar-refractivity contribution < 1.29 is 17.9 Å². The van der Waals surface area contributed by atoms with Crippen LogP contribution >= 0.6 is 11.6 Å². The van der Waals surface area contributed by atoms with Crippen LogP contribution in [0.3, 0.4) is 0 Å². The van der Waals surface area contributed by atoms with E-state index in [1.807, 2.05) is 19.9 Å². The normalized spacial score (nSPS) is 14.9. The number of hydrogen-bond acceptors (Lipinski definition) is 4. The molecule has 27 heavy (non-hydrogen) atoms. The zero-order valence-corrected chi connectivity index (χ0v) is 16.7. The SMILES string of the molecule is Cc1ccc(NS(=O)(=O)c2cc(C(=O)N3CCOCC3)ccc2Cl)cc1C. The lowest BCUT2D eigenvalue weighted by atomic mass is 10.1. The van der Waals surface area contributed by atoms with Crippen LogP contribution in [0.4, 0.5) is 5.69 Å². The number of carbonyl (C=O) groups is 1. The van der Waals surface area contributed by atoms with Crippen LogP contribution in [-0.4, -0.2) is 45.5 Å². The Morgan fingerprint density at radius 3 is 2.44 bits per heavy atom. The van der Waals surface area contributed by atoms with E-state index in [1.165, 1.54) is 18.2 Å². The van der Waals surface area contributed by atoms with E-state index in [2.05, 4.69) is 4.72 Å². The van der Waals surface area contributed by atoms with Crippen LogP contribution < -0.4 is 4.72 Å². The first kappa shape index (κ1) is 19.7. The molecule has 1 saturated heterocycles. The molecule has 1 aliphatic heterocycles. The van der Waals surface area contributed by atoms with Gasteiger partial charge in [0.15, 0.2) is 0 Å². The fourth-order valence-corrected chi connectivity index (χ4v) is 4.38. The first-order valence-electron chi connectivity index (χ1n) is 8.54. The molecule has 8 heteroatoms. The van der Waals surface area contributed by atoms with Crippen molar-refractivity contribution in [2.24, 2.45) is 0 Å². The molecule has 0 bridgehead atoms. The van der Waals surface area contributed by atoms with Gasteiger partial charge in [-0.15, -0.1) is 0 Å². The van der Waals surface area contributed by atoms with E-state index in [4.69, 9.17) is 16.3 Å². The predicted molar refractivity (Wildman–Crippen MR) is 105 cm³/mol. The van der Waals surface area contributed by atoms with Crippen molar-refractivity contribution in [3.63, 3.8) is 0 Å². The molecule has 2 aromatic rings. The Balaban J connectivity index is 1.90. The summed E-state index contributed by atoms with van der Waals surface area (Å²) in [6.07, 6.45) is 0. The van der Waals surface area contributed by atoms with E-state index in [-0.39, 0.29) is 21.4 Å². The highest BCUT2D eigenvalue weighted by molar-refractivity contribution is 7.92. The zero-order valence-electron chi connectivity index (χ0n) is 15.2. The predicted octanol–water partition coefficient (Wildman–Crippen LogP) is 3.23. The second-order valence-corrected chi connectivity index (χ2v) is 8.51. The van der Waals surface area contributed by atoms with Crippen molar-refractivity contribution in [3.8, 4) is 0 Å². The van der Waals surface area contributed by atoms with Crippen LogP contribution in [-0.2, 0) is 14.8 Å². The van der Waals surface area contributed by atoms with Gasteiger partial charge in [0.2, 0.25) is 0 Å². The number of ether oxygens (including phenoxy) is 1. The summed E-state index contributed by atoms with van der Waals surface area (Å²) in [5.74, 6) is -0.238. The molecule has 0 saturated carbocycles. The number of aryl methyl sites for hydroxylation is 2. The van der Waals surface area contributed by atoms with Gasteiger partial charge in [-0.2, -0.15) is 0 Å². The molecule has 0 spiro atoms. The van der Waals surface area contributed by atoms with Gasteiger partial charge in [-0.25, -0.2) is 8.42 Å². The summed E-state index contributed by atoms with van der Waals surface area (Å²) in [6.45, 7) is 5.75. The van der Waals surface area contributed by atoms with Crippen molar-refractivity contribution in [3.05, 3.63) is 58.1 Å². The minimum Gasteiger partial charge on any atom is -0.378 e. The second kappa shape index (κ2) is 7.88. The number of hydrogen-bond donors (Lipinski definition) is 1. The van der Waals surface area contributed by atoms with Crippen molar-refractivity contribution in [2.45, 2.75) is 18.7 Å². The van der Waals surface area contributed by atoms with Gasteiger partial charge in [0.25, 0.3) is 15.9 Å². The molecule has 1 N–H and O–H groups in total. The smallest absolute Gasteiger partial charge is 0.263 e. The van der Waals surface area contributed by atoms with E-state index in [9.17, 15) is 13.2 Å². The Labute approximate surface area is 164 Å². The number of nitrogens with one attached hydrogen (secondary N) is 1. The first-order valence-corrected chi connectivity index (χ1v) is 10.4. The second-order valence-electron chi connectivity index (χ2n) is 6.45. The third kappa shape index (κ3) is 4.43. The van der Waals surface area contributed by atoms with Gasteiger partial charge >= 0.3 is 0 Å². The van der Waals surface area contributed by atoms with E-state index in [0.29, 0.717) is 32.0 Å². The van der Waals surface area contributed by atoms with E-state index >= 15 is 0 Å². The molecule has 2 aromatic carbocycles. The fraction of sp³-hybridized carbons (Fsp3) is 0.316. The van der Waals surface area contributed by atoms with Crippen LogP contribution in [0.15, 0.2) is 41.3 Å². The Bertz CT molecular complexity index is 970. The maximum atomic E-state index is 12.8. The van der Waals surface area contributed by atoms with Crippen LogP contribution in [0.2, 0.25) is 5.02 Å². The average molecular weight is 409 g/mol. The number of benzene rings is 2. The van der Waals surface area contributed by atoms with Crippen molar-refractivity contribution in [2.75, 3.05) is 31.0 Å². The Hall–Kier alpha value is -2.09. The minimum atomic E-state index is -3.94. The first-order chi connectivity index (χ1) is 12.8. The van der Waals surface area contributed by atoms with Gasteiger partial charge in [0.05, 0.1) is 18.2 Å². The molecule has 1 amide bonds. The molecule has 0 aromatic heterocycles. The molecular weight excluding hydrogens is 388 g/mol. The van der Waals surface area contributed by atoms with Crippen molar-refractivity contribution >= 4 is 33.2 Å². The topological polar surface area (TPSA) is 75.7 Å². The molecule has 6 nitrogen and oxygen atoms in total. The highest BCUT2D eigenvalue weighted by Gasteiger charge is 2.23. The summed E-state index contributed by atoms with van der Waals surface area (Å²) in [4.78, 5) is 14.2. The molecule has 3 rings (SSSR count). The standard InChI is InChI=1S/C19H21ClN2O4S/c1-13-3-5-16(11-14(13)2)21-27(24,25)18-12-15(4-6-17(18)20)19(23)22-7-9-26-10-8-22/h3-6,11-12,21H,7-10H2,1-2H3. The van der Waals surface area contributed by atoms with Gasteiger partial charge in [0, 0.05) is 24.3 Å². The number of carbonyl (C=O) groups excluding carboxylic acids is 1. The van der Waals surface area contributed by atoms with Gasteiger partial charge in [-0.3, -0.25) is 9.52 Å². The Morgan fingerprint density at radius 2 is 1.78 bits per heavy atom. The lowest BCUT2D eigenvalue weighted by Crippen LogP contribution is -2.40. The molecule has 1 heterocycles. The summed E-state index contributed by atoms with van der Waals surface area (Å²) in [6, 6.07) is 9.58. The Morgan fingerprint density at radius 1 is 1.07 bits per heavy atom. The number of morpholine rings is 1. The van der Waals surface area contributed by atoms with E-state index < -0.39 is 10.0 Å². The fourth-order valence-electron chi connectivity index (χ4n) is 2.81. The highest BCUT2D eigenvalue weighted by atomic mass is 35.5. The largest absolute Gasteiger partial charge is 0.378 e. The van der Waals surface area contributed by atoms with E-state index in [1.54, 1.807) is 17.0 Å². The van der Waals surface area contributed by atoms with Gasteiger partial charge in [-0.05, 0) is 55.3 Å². The monoisotopic (exact) mass is 408 g/mol. The third-order valence-corrected chi connectivity index (χ3v) is 6.39. The number of halogens is 1. The maximum Gasteiger partial charge on any atom is 0.263 e. The molecule has 144 valence electrons. The quantitative estimate of drug-likeness (QED) is 0.842. The maximum absolute atomic E-state index is 12.8. The number of amides is 1. The van der Waals surface area contributed by atoms with Crippen LogP contribution in [0.25, 0.3) is 0 Å². The number of sulfonamides is 1. The highest BCUT2D eigenvalue weighted by Crippen LogP contribution is 2.26. The molecule has 0 unspecified atom stereocenters. The molecule has 0 radical (unpaired) electrons. The Kier molecular flexibility index (Phi) is 5.74. The van der Waals surface area contributed by atoms with Crippen molar-refractivity contribution in [1.29, 1.82) is 0 Å². The summed E-state index contributed by atoms with van der Waals surface area (Å²) in [5, 5.41) is 0.0601. The zero-order chi connectivity index (χ0) is 19.6.